The maximum absolute atomic E-state index is 5.39. The van der Waals surface area contributed by atoms with Crippen LogP contribution < -0.4 is 5.32 Å². The van der Waals surface area contributed by atoms with Gasteiger partial charge in [0.15, 0.2) is 0 Å². The van der Waals surface area contributed by atoms with Gasteiger partial charge in [0.2, 0.25) is 0 Å². The number of hydrogen-bond acceptors (Lipinski definition) is 2. The molecule has 0 bridgehead atoms. The predicted molar refractivity (Wildman–Crippen MR) is 53.4 cm³/mol. The van der Waals surface area contributed by atoms with Crippen molar-refractivity contribution in [1.82, 2.24) is 5.32 Å². The summed E-state index contributed by atoms with van der Waals surface area (Å²) in [7, 11) is 0. The lowest BCUT2D eigenvalue weighted by molar-refractivity contribution is 0.0760. The van der Waals surface area contributed by atoms with Crippen molar-refractivity contribution in [3.8, 4) is 0 Å². The molecule has 0 rings (SSSR count). The Hall–Kier alpha value is -0.0800. The predicted octanol–water partition coefficient (Wildman–Crippen LogP) is 2.05. The standard InChI is InChI=1S/C10H23NO/c1-5-12-10(4)8-11-7-6-9(2)3/h9-11H,5-8H2,1-4H3. The summed E-state index contributed by atoms with van der Waals surface area (Å²) in [4.78, 5) is 0. The van der Waals surface area contributed by atoms with Crippen molar-refractivity contribution in [2.24, 2.45) is 5.92 Å². The zero-order valence-electron chi connectivity index (χ0n) is 8.89. The van der Waals surface area contributed by atoms with Gasteiger partial charge in [-0.15, -0.1) is 0 Å². The van der Waals surface area contributed by atoms with E-state index in [9.17, 15) is 0 Å². The third-order valence-corrected chi connectivity index (χ3v) is 1.78. The minimum absolute atomic E-state index is 0.349. The van der Waals surface area contributed by atoms with Crippen LogP contribution in [0.3, 0.4) is 0 Å². The number of rotatable bonds is 7. The number of hydrogen-bond donors (Lipinski definition) is 1. The van der Waals surface area contributed by atoms with Crippen LogP contribution in [0.4, 0.5) is 0 Å². The molecule has 0 amide bonds. The summed E-state index contributed by atoms with van der Waals surface area (Å²) >= 11 is 0. The van der Waals surface area contributed by atoms with E-state index in [4.69, 9.17) is 4.74 Å². The first-order valence-electron chi connectivity index (χ1n) is 4.99. The molecule has 1 N–H and O–H groups in total. The maximum atomic E-state index is 5.39. The largest absolute Gasteiger partial charge is 0.377 e. The second-order valence-corrected chi connectivity index (χ2v) is 3.65. The van der Waals surface area contributed by atoms with Crippen molar-refractivity contribution in [2.45, 2.75) is 40.2 Å². The Kier molecular flexibility index (Phi) is 7.51. The lowest BCUT2D eigenvalue weighted by Gasteiger charge is -2.12. The molecule has 0 aliphatic heterocycles. The Morgan fingerprint density at radius 1 is 1.25 bits per heavy atom. The summed E-state index contributed by atoms with van der Waals surface area (Å²) in [6.07, 6.45) is 1.60. The van der Waals surface area contributed by atoms with E-state index in [1.165, 1.54) is 6.42 Å². The molecule has 1 atom stereocenters. The molecule has 1 unspecified atom stereocenters. The first-order valence-corrected chi connectivity index (χ1v) is 4.99. The molecule has 0 radical (unpaired) electrons. The molecule has 2 heteroatoms. The maximum Gasteiger partial charge on any atom is 0.0671 e. The Balaban J connectivity index is 3.08. The van der Waals surface area contributed by atoms with Gasteiger partial charge in [0.05, 0.1) is 6.10 Å². The zero-order valence-corrected chi connectivity index (χ0v) is 8.89. The first kappa shape index (κ1) is 11.9. The minimum atomic E-state index is 0.349. The van der Waals surface area contributed by atoms with E-state index in [-0.39, 0.29) is 0 Å². The Morgan fingerprint density at radius 3 is 2.42 bits per heavy atom. The fourth-order valence-electron chi connectivity index (χ4n) is 1.04. The molecule has 0 fully saturated rings. The fraction of sp³-hybridized carbons (Fsp3) is 1.00. The molecule has 0 saturated heterocycles. The van der Waals surface area contributed by atoms with Crippen molar-refractivity contribution in [3.63, 3.8) is 0 Å². The van der Waals surface area contributed by atoms with Gasteiger partial charge in [-0.1, -0.05) is 13.8 Å². The normalized spacial score (nSPS) is 13.8. The number of ether oxygens (including phenoxy) is 1. The van der Waals surface area contributed by atoms with Crippen LogP contribution >= 0.6 is 0 Å². The molecule has 0 aromatic rings. The van der Waals surface area contributed by atoms with E-state index in [1.807, 2.05) is 6.92 Å². The van der Waals surface area contributed by atoms with E-state index < -0.39 is 0 Å². The highest BCUT2D eigenvalue weighted by molar-refractivity contribution is 4.56. The van der Waals surface area contributed by atoms with Crippen LogP contribution in [-0.2, 0) is 4.74 Å². The van der Waals surface area contributed by atoms with Gasteiger partial charge in [-0.05, 0) is 32.7 Å². The van der Waals surface area contributed by atoms with Crippen LogP contribution in [0.1, 0.15) is 34.1 Å². The third kappa shape index (κ3) is 8.02. The van der Waals surface area contributed by atoms with Crippen LogP contribution in [0.25, 0.3) is 0 Å². The van der Waals surface area contributed by atoms with E-state index in [2.05, 4.69) is 26.1 Å². The van der Waals surface area contributed by atoms with E-state index in [0.29, 0.717) is 6.10 Å². The molecule has 2 nitrogen and oxygen atoms in total. The minimum Gasteiger partial charge on any atom is -0.377 e. The van der Waals surface area contributed by atoms with Crippen LogP contribution in [-0.4, -0.2) is 25.8 Å². The molecular formula is C10H23NO. The molecule has 74 valence electrons. The molecule has 0 heterocycles. The average Bonchev–Trinajstić information content (AvgIpc) is 1.98. The van der Waals surface area contributed by atoms with Gasteiger partial charge in [0.1, 0.15) is 0 Å². The third-order valence-electron chi connectivity index (χ3n) is 1.78. The molecule has 0 aliphatic carbocycles. The molecule has 0 spiro atoms. The van der Waals surface area contributed by atoms with Gasteiger partial charge in [0.25, 0.3) is 0 Å². The summed E-state index contributed by atoms with van der Waals surface area (Å²) in [5, 5.41) is 3.38. The molecule has 0 aromatic heterocycles. The van der Waals surface area contributed by atoms with E-state index >= 15 is 0 Å². The quantitative estimate of drug-likeness (QED) is 0.595. The van der Waals surface area contributed by atoms with Crippen molar-refractivity contribution in [2.75, 3.05) is 19.7 Å². The highest BCUT2D eigenvalue weighted by Gasteiger charge is 1.99. The topological polar surface area (TPSA) is 21.3 Å². The summed E-state index contributed by atoms with van der Waals surface area (Å²) in [5.74, 6) is 0.792. The highest BCUT2D eigenvalue weighted by atomic mass is 16.5. The molecule has 0 saturated carbocycles. The van der Waals surface area contributed by atoms with Gasteiger partial charge >= 0.3 is 0 Å². The van der Waals surface area contributed by atoms with Crippen LogP contribution in [0.5, 0.6) is 0 Å². The van der Waals surface area contributed by atoms with Crippen LogP contribution in [0.2, 0.25) is 0 Å². The second-order valence-electron chi connectivity index (χ2n) is 3.65. The van der Waals surface area contributed by atoms with Crippen molar-refractivity contribution in [3.05, 3.63) is 0 Å². The van der Waals surface area contributed by atoms with Gasteiger partial charge in [0, 0.05) is 13.2 Å². The van der Waals surface area contributed by atoms with Crippen LogP contribution in [0.15, 0.2) is 0 Å². The smallest absolute Gasteiger partial charge is 0.0671 e. The van der Waals surface area contributed by atoms with Gasteiger partial charge in [-0.25, -0.2) is 0 Å². The summed E-state index contributed by atoms with van der Waals surface area (Å²) in [6, 6.07) is 0. The zero-order chi connectivity index (χ0) is 9.40. The second kappa shape index (κ2) is 7.56. The SMILES string of the molecule is CCOC(C)CNCCC(C)C. The lowest BCUT2D eigenvalue weighted by Crippen LogP contribution is -2.28. The fourth-order valence-corrected chi connectivity index (χ4v) is 1.04. The Bertz CT molecular complexity index is 93.8. The van der Waals surface area contributed by atoms with E-state index in [0.717, 1.165) is 25.6 Å². The summed E-state index contributed by atoms with van der Waals surface area (Å²) < 4.78 is 5.39. The molecule has 0 aliphatic rings. The van der Waals surface area contributed by atoms with Gasteiger partial charge in [-0.2, -0.15) is 0 Å². The molecular weight excluding hydrogens is 150 g/mol. The first-order chi connectivity index (χ1) is 5.66. The van der Waals surface area contributed by atoms with Gasteiger partial charge in [-0.3, -0.25) is 0 Å². The monoisotopic (exact) mass is 173 g/mol. The number of nitrogens with one attached hydrogen (secondary N) is 1. The Morgan fingerprint density at radius 2 is 1.92 bits per heavy atom. The Labute approximate surface area is 76.7 Å². The van der Waals surface area contributed by atoms with Crippen LogP contribution in [0, 0.1) is 5.92 Å². The average molecular weight is 173 g/mol. The van der Waals surface area contributed by atoms with Crippen molar-refractivity contribution >= 4 is 0 Å². The van der Waals surface area contributed by atoms with Gasteiger partial charge < -0.3 is 10.1 Å². The highest BCUT2D eigenvalue weighted by Crippen LogP contribution is 1.96. The molecule has 0 aromatic carbocycles. The van der Waals surface area contributed by atoms with E-state index in [1.54, 1.807) is 0 Å². The summed E-state index contributed by atoms with van der Waals surface area (Å²) in [6.45, 7) is 11.5. The lowest BCUT2D eigenvalue weighted by atomic mass is 10.1. The van der Waals surface area contributed by atoms with Crippen molar-refractivity contribution < 1.29 is 4.74 Å². The summed E-state index contributed by atoms with van der Waals surface area (Å²) in [5.41, 5.74) is 0. The molecule has 12 heavy (non-hydrogen) atoms. The van der Waals surface area contributed by atoms with Crippen molar-refractivity contribution in [1.29, 1.82) is 0 Å².